The normalized spacial score (nSPS) is 16.3. The van der Waals surface area contributed by atoms with Crippen LogP contribution in [0.2, 0.25) is 0 Å². The van der Waals surface area contributed by atoms with Crippen LogP contribution in [0.15, 0.2) is 77.7 Å². The molecule has 1 aromatic heterocycles. The molecule has 1 atom stereocenters. The first kappa shape index (κ1) is 30.7. The van der Waals surface area contributed by atoms with Gasteiger partial charge in [-0.2, -0.15) is 0 Å². The standard InChI is InChI=1S/C31H32BrFN4O5S/c1-3-43(38,39)13-11-34-19-31(10-5-12-42-31)25-16-24-27(17-29(25)40-2)35-20-36-30(24)37-23-8-9-28(26(32)15-23)41-18-21-6-4-7-22(33)14-21/h4-9,12,14-17,20,34H,3,10-11,13,18-19H2,1-2H3,(H,35,36,37). The Kier molecular flexibility index (Phi) is 9.48. The molecule has 0 radical (unpaired) electrons. The Hall–Kier alpha value is -3.74. The predicted octanol–water partition coefficient (Wildman–Crippen LogP) is 6.02. The van der Waals surface area contributed by atoms with E-state index in [4.69, 9.17) is 14.2 Å². The van der Waals surface area contributed by atoms with Gasteiger partial charge in [0, 0.05) is 48.0 Å². The number of nitrogens with one attached hydrogen (secondary N) is 2. The van der Waals surface area contributed by atoms with Crippen molar-refractivity contribution in [1.29, 1.82) is 0 Å². The van der Waals surface area contributed by atoms with E-state index in [9.17, 15) is 12.8 Å². The molecule has 0 saturated carbocycles. The van der Waals surface area contributed by atoms with E-state index in [1.165, 1.54) is 18.5 Å². The lowest BCUT2D eigenvalue weighted by Gasteiger charge is -2.31. The number of hydrogen-bond donors (Lipinski definition) is 2. The van der Waals surface area contributed by atoms with E-state index in [0.29, 0.717) is 42.3 Å². The average Bonchev–Trinajstić information content (AvgIpc) is 3.48. The molecule has 0 fully saturated rings. The van der Waals surface area contributed by atoms with Crippen LogP contribution >= 0.6 is 15.9 Å². The van der Waals surface area contributed by atoms with Gasteiger partial charge in [-0.1, -0.05) is 19.1 Å². The zero-order valence-corrected chi connectivity index (χ0v) is 26.2. The van der Waals surface area contributed by atoms with Gasteiger partial charge in [-0.3, -0.25) is 0 Å². The van der Waals surface area contributed by atoms with Gasteiger partial charge in [0.05, 0.1) is 29.1 Å². The number of hydrogen-bond acceptors (Lipinski definition) is 9. The van der Waals surface area contributed by atoms with Crippen molar-refractivity contribution in [3.8, 4) is 11.5 Å². The van der Waals surface area contributed by atoms with Crippen molar-refractivity contribution >= 4 is 48.2 Å². The summed E-state index contributed by atoms with van der Waals surface area (Å²) in [6.45, 7) is 2.56. The van der Waals surface area contributed by atoms with Gasteiger partial charge in [-0.15, -0.1) is 0 Å². The molecule has 0 amide bonds. The quantitative estimate of drug-likeness (QED) is 0.165. The molecule has 1 unspecified atom stereocenters. The van der Waals surface area contributed by atoms with Crippen LogP contribution in [0.25, 0.3) is 10.9 Å². The highest BCUT2D eigenvalue weighted by Gasteiger charge is 2.38. The van der Waals surface area contributed by atoms with Gasteiger partial charge in [0.25, 0.3) is 0 Å². The molecule has 43 heavy (non-hydrogen) atoms. The third-order valence-electron chi connectivity index (χ3n) is 7.20. The lowest BCUT2D eigenvalue weighted by atomic mass is 9.89. The molecule has 0 bridgehead atoms. The van der Waals surface area contributed by atoms with E-state index in [1.54, 1.807) is 32.4 Å². The van der Waals surface area contributed by atoms with E-state index in [2.05, 4.69) is 36.5 Å². The first-order valence-electron chi connectivity index (χ1n) is 13.7. The Morgan fingerprint density at radius 3 is 2.70 bits per heavy atom. The van der Waals surface area contributed by atoms with E-state index in [-0.39, 0.29) is 23.9 Å². The van der Waals surface area contributed by atoms with Crippen LogP contribution in [0.5, 0.6) is 11.5 Å². The molecule has 1 aliphatic heterocycles. The van der Waals surface area contributed by atoms with Gasteiger partial charge in [0.15, 0.2) is 15.4 Å². The van der Waals surface area contributed by atoms with E-state index >= 15 is 0 Å². The molecule has 0 aliphatic carbocycles. The van der Waals surface area contributed by atoms with Gasteiger partial charge >= 0.3 is 0 Å². The van der Waals surface area contributed by atoms with Crippen LogP contribution in [0.3, 0.4) is 0 Å². The van der Waals surface area contributed by atoms with Crippen LogP contribution < -0.4 is 20.1 Å². The van der Waals surface area contributed by atoms with Gasteiger partial charge in [0.1, 0.15) is 36.1 Å². The fourth-order valence-corrected chi connectivity index (χ4v) is 6.08. The number of nitrogens with zero attached hydrogens (tertiary/aromatic N) is 2. The number of fused-ring (bicyclic) bond motifs is 1. The predicted molar refractivity (Wildman–Crippen MR) is 168 cm³/mol. The van der Waals surface area contributed by atoms with Crippen LogP contribution in [0.1, 0.15) is 24.5 Å². The molecule has 0 spiro atoms. The van der Waals surface area contributed by atoms with Gasteiger partial charge in [-0.05, 0) is 64.0 Å². The fourth-order valence-electron chi connectivity index (χ4n) is 4.84. The van der Waals surface area contributed by atoms with Gasteiger partial charge in [-0.25, -0.2) is 22.8 Å². The van der Waals surface area contributed by atoms with Gasteiger partial charge < -0.3 is 24.8 Å². The Morgan fingerprint density at radius 1 is 1.12 bits per heavy atom. The largest absolute Gasteiger partial charge is 0.496 e. The number of rotatable bonds is 13. The fraction of sp³-hybridized carbons (Fsp3) is 0.290. The van der Waals surface area contributed by atoms with Crippen LogP contribution in [-0.2, 0) is 26.8 Å². The molecule has 1 aliphatic rings. The van der Waals surface area contributed by atoms with E-state index < -0.39 is 15.4 Å². The summed E-state index contributed by atoms with van der Waals surface area (Å²) in [5.41, 5.74) is 2.16. The van der Waals surface area contributed by atoms with Crippen molar-refractivity contribution in [3.63, 3.8) is 0 Å². The van der Waals surface area contributed by atoms with Crippen LogP contribution in [0.4, 0.5) is 15.9 Å². The number of ether oxygens (including phenoxy) is 3. The molecule has 2 heterocycles. The average molecular weight is 672 g/mol. The summed E-state index contributed by atoms with van der Waals surface area (Å²) in [6.07, 6.45) is 5.64. The summed E-state index contributed by atoms with van der Waals surface area (Å²) >= 11 is 3.57. The Bertz CT molecular complexity index is 1740. The minimum absolute atomic E-state index is 0.0496. The third-order valence-corrected chi connectivity index (χ3v) is 9.53. The second-order valence-electron chi connectivity index (χ2n) is 10.1. The zero-order chi connectivity index (χ0) is 30.5. The Balaban J connectivity index is 1.39. The summed E-state index contributed by atoms with van der Waals surface area (Å²) in [5.74, 6) is 1.64. The summed E-state index contributed by atoms with van der Waals surface area (Å²) in [4.78, 5) is 8.97. The number of aromatic nitrogens is 2. The molecular formula is C31H32BrFN4O5S. The minimum Gasteiger partial charge on any atom is -0.496 e. The maximum Gasteiger partial charge on any atom is 0.152 e. The highest BCUT2D eigenvalue weighted by atomic mass is 79.9. The topological polar surface area (TPSA) is 112 Å². The number of methoxy groups -OCH3 is 1. The van der Waals surface area contributed by atoms with Crippen molar-refractivity contribution < 1.29 is 27.0 Å². The monoisotopic (exact) mass is 670 g/mol. The number of sulfone groups is 1. The van der Waals surface area contributed by atoms with Crippen molar-refractivity contribution in [2.45, 2.75) is 25.6 Å². The second-order valence-corrected chi connectivity index (χ2v) is 13.4. The third kappa shape index (κ3) is 7.26. The number of anilines is 2. The van der Waals surface area contributed by atoms with Crippen molar-refractivity contribution in [3.05, 3.63) is 94.7 Å². The van der Waals surface area contributed by atoms with E-state index in [1.807, 2.05) is 36.4 Å². The van der Waals surface area contributed by atoms with Crippen molar-refractivity contribution in [2.24, 2.45) is 0 Å². The van der Waals surface area contributed by atoms with Crippen molar-refractivity contribution in [1.82, 2.24) is 15.3 Å². The van der Waals surface area contributed by atoms with Gasteiger partial charge in [0.2, 0.25) is 0 Å². The first-order valence-corrected chi connectivity index (χ1v) is 16.3. The zero-order valence-electron chi connectivity index (χ0n) is 23.8. The maximum atomic E-state index is 13.5. The molecule has 0 saturated heterocycles. The summed E-state index contributed by atoms with van der Waals surface area (Å²) < 4.78 is 56.0. The van der Waals surface area contributed by atoms with Crippen LogP contribution in [0, 0.1) is 5.82 Å². The smallest absolute Gasteiger partial charge is 0.152 e. The summed E-state index contributed by atoms with van der Waals surface area (Å²) in [6, 6.07) is 15.7. The molecule has 9 nitrogen and oxygen atoms in total. The van der Waals surface area contributed by atoms with Crippen LogP contribution in [-0.4, -0.2) is 50.1 Å². The summed E-state index contributed by atoms with van der Waals surface area (Å²) in [5, 5.41) is 7.39. The molecule has 5 rings (SSSR count). The Morgan fingerprint density at radius 2 is 1.98 bits per heavy atom. The highest BCUT2D eigenvalue weighted by molar-refractivity contribution is 9.10. The highest BCUT2D eigenvalue weighted by Crippen LogP contribution is 2.42. The lowest BCUT2D eigenvalue weighted by Crippen LogP contribution is -2.39. The lowest BCUT2D eigenvalue weighted by molar-refractivity contribution is 0.0396. The maximum absolute atomic E-state index is 13.5. The molecule has 3 aromatic carbocycles. The minimum atomic E-state index is -3.09. The number of benzene rings is 3. The molecule has 4 aromatic rings. The number of halogens is 2. The molecule has 2 N–H and O–H groups in total. The first-order chi connectivity index (χ1) is 20.7. The van der Waals surface area contributed by atoms with Crippen molar-refractivity contribution in [2.75, 3.05) is 37.0 Å². The Labute approximate surface area is 258 Å². The molecule has 12 heteroatoms. The SMILES string of the molecule is CCS(=O)(=O)CCNCC1(c2cc3c(Nc4ccc(OCc5cccc(F)c5)c(Br)c4)ncnc3cc2OC)CC=CO1. The molecular weight excluding hydrogens is 639 g/mol. The molecule has 226 valence electrons. The second kappa shape index (κ2) is 13.3. The van der Waals surface area contributed by atoms with E-state index in [0.717, 1.165) is 26.7 Å². The summed E-state index contributed by atoms with van der Waals surface area (Å²) in [7, 11) is -1.50.